The van der Waals surface area contributed by atoms with Crippen molar-refractivity contribution in [3.8, 4) is 0 Å². The Morgan fingerprint density at radius 3 is 2.33 bits per heavy atom. The lowest BCUT2D eigenvalue weighted by Gasteiger charge is -2.24. The molecule has 1 atom stereocenters. The van der Waals surface area contributed by atoms with Crippen LogP contribution in [-0.4, -0.2) is 49.2 Å². The number of rotatable bonds is 7. The van der Waals surface area contributed by atoms with Crippen LogP contribution < -0.4 is 5.32 Å². The summed E-state index contributed by atoms with van der Waals surface area (Å²) in [6.45, 7) is 7.63. The van der Waals surface area contributed by atoms with Crippen LogP contribution in [0.15, 0.2) is 0 Å². The van der Waals surface area contributed by atoms with Crippen molar-refractivity contribution >= 4 is 0 Å². The highest BCUT2D eigenvalue weighted by molar-refractivity contribution is 4.59. The molecule has 0 aromatic carbocycles. The average molecular weight is 218 g/mol. The Balaban J connectivity index is 3.36. The minimum atomic E-state index is -0.857. The highest BCUT2D eigenvalue weighted by atomic mass is 16.6. The van der Waals surface area contributed by atoms with Gasteiger partial charge < -0.3 is 14.7 Å². The molecule has 0 radical (unpaired) electrons. The normalized spacial score (nSPS) is 14.6. The molecule has 0 aliphatic rings. The number of ether oxygens (including phenoxy) is 1. The van der Waals surface area contributed by atoms with E-state index in [0.717, 1.165) is 25.9 Å². The zero-order valence-corrected chi connectivity index (χ0v) is 10.7. The Labute approximate surface area is 93.6 Å². The number of hydrogen-bond acceptors (Lipinski definition) is 4. The molecule has 4 nitrogen and oxygen atoms in total. The molecule has 15 heavy (non-hydrogen) atoms. The minimum Gasteiger partial charge on any atom is -0.356 e. The fourth-order valence-corrected chi connectivity index (χ4v) is 1.16. The summed E-state index contributed by atoms with van der Waals surface area (Å²) in [7, 11) is 4.12. The maximum atomic E-state index is 9.45. The number of unbranched alkanes of at least 4 members (excludes halogenated alkanes) is 1. The maximum Gasteiger partial charge on any atom is 0.214 e. The van der Waals surface area contributed by atoms with Crippen molar-refractivity contribution in [2.45, 2.75) is 45.6 Å². The molecule has 0 spiro atoms. The van der Waals surface area contributed by atoms with Crippen LogP contribution in [-0.2, 0) is 4.74 Å². The molecule has 0 bridgehead atoms. The number of aliphatic hydroxyl groups excluding tert-OH is 1. The molecule has 4 heteroatoms. The molecule has 0 unspecified atom stereocenters. The van der Waals surface area contributed by atoms with Gasteiger partial charge in [-0.15, -0.1) is 0 Å². The summed E-state index contributed by atoms with van der Waals surface area (Å²) >= 11 is 0. The molecule has 0 aliphatic heterocycles. The summed E-state index contributed by atoms with van der Waals surface area (Å²) in [6, 6.07) is 0. The Bertz CT molecular complexity index is 155. The summed E-state index contributed by atoms with van der Waals surface area (Å²) < 4.78 is 5.30. The van der Waals surface area contributed by atoms with Crippen LogP contribution in [0.4, 0.5) is 0 Å². The third kappa shape index (κ3) is 11.8. The van der Waals surface area contributed by atoms with Gasteiger partial charge in [-0.2, -0.15) is 0 Å². The smallest absolute Gasteiger partial charge is 0.214 e. The molecule has 2 N–H and O–H groups in total. The second kappa shape index (κ2) is 7.17. The minimum absolute atomic E-state index is 0.309. The van der Waals surface area contributed by atoms with Gasteiger partial charge in [-0.1, -0.05) is 0 Å². The van der Waals surface area contributed by atoms with Gasteiger partial charge in [-0.25, -0.2) is 0 Å². The molecule has 0 rings (SSSR count). The lowest BCUT2D eigenvalue weighted by Crippen LogP contribution is -2.38. The molecule has 0 saturated carbocycles. The summed E-state index contributed by atoms with van der Waals surface area (Å²) in [6.07, 6.45) is 1.31. The van der Waals surface area contributed by atoms with Crippen molar-refractivity contribution in [3.63, 3.8) is 0 Å². The van der Waals surface area contributed by atoms with E-state index in [1.165, 1.54) is 0 Å². The lowest BCUT2D eigenvalue weighted by atomic mass is 10.2. The van der Waals surface area contributed by atoms with E-state index in [0.29, 0.717) is 0 Å². The van der Waals surface area contributed by atoms with Crippen LogP contribution in [0.1, 0.15) is 33.6 Å². The topological polar surface area (TPSA) is 44.7 Å². The standard InChI is InChI=1S/C11H26N2O2/c1-11(2,3)15-10(14)12-8-6-7-9-13(4)5/h10,12,14H,6-9H2,1-5H3/t10-/m1/s1. The van der Waals surface area contributed by atoms with E-state index in [1.54, 1.807) is 0 Å². The van der Waals surface area contributed by atoms with Crippen LogP contribution in [0.2, 0.25) is 0 Å². The first kappa shape index (κ1) is 14.8. The first-order valence-electron chi connectivity index (χ1n) is 5.55. The maximum absolute atomic E-state index is 9.45. The van der Waals surface area contributed by atoms with E-state index in [-0.39, 0.29) is 5.60 Å². The molecule has 92 valence electrons. The zero-order chi connectivity index (χ0) is 11.9. The first-order chi connectivity index (χ1) is 6.81. The van der Waals surface area contributed by atoms with Gasteiger partial charge in [0.2, 0.25) is 6.41 Å². The van der Waals surface area contributed by atoms with Crippen molar-refractivity contribution < 1.29 is 9.84 Å². The predicted molar refractivity (Wildman–Crippen MR) is 62.6 cm³/mol. The Hall–Kier alpha value is -0.160. The second-order valence-electron chi connectivity index (χ2n) is 5.05. The summed E-state index contributed by atoms with van der Waals surface area (Å²) in [5.74, 6) is 0. The summed E-state index contributed by atoms with van der Waals surface area (Å²) in [5, 5.41) is 12.4. The molecular weight excluding hydrogens is 192 g/mol. The number of aliphatic hydroxyl groups is 1. The monoisotopic (exact) mass is 218 g/mol. The van der Waals surface area contributed by atoms with Gasteiger partial charge in [0.15, 0.2) is 0 Å². The highest BCUT2D eigenvalue weighted by Gasteiger charge is 2.15. The van der Waals surface area contributed by atoms with Gasteiger partial charge in [0.1, 0.15) is 0 Å². The van der Waals surface area contributed by atoms with Crippen molar-refractivity contribution in [1.29, 1.82) is 0 Å². The number of nitrogens with zero attached hydrogens (tertiary/aromatic N) is 1. The Morgan fingerprint density at radius 1 is 1.27 bits per heavy atom. The quantitative estimate of drug-likeness (QED) is 0.494. The molecule has 0 aromatic rings. The van der Waals surface area contributed by atoms with Gasteiger partial charge in [0, 0.05) is 0 Å². The molecule has 0 aliphatic carbocycles. The SMILES string of the molecule is CN(C)CCCCN[C@H](O)OC(C)(C)C. The van der Waals surface area contributed by atoms with Gasteiger partial charge in [-0.3, -0.25) is 5.32 Å². The Morgan fingerprint density at radius 2 is 1.87 bits per heavy atom. The third-order valence-corrected chi connectivity index (χ3v) is 1.82. The summed E-state index contributed by atoms with van der Waals surface area (Å²) in [5.41, 5.74) is -0.309. The van der Waals surface area contributed by atoms with Gasteiger partial charge in [-0.05, 0) is 60.8 Å². The second-order valence-corrected chi connectivity index (χ2v) is 5.05. The first-order valence-corrected chi connectivity index (χ1v) is 5.55. The highest BCUT2D eigenvalue weighted by Crippen LogP contribution is 2.07. The van der Waals surface area contributed by atoms with E-state index < -0.39 is 6.41 Å². The van der Waals surface area contributed by atoms with E-state index in [9.17, 15) is 5.11 Å². The summed E-state index contributed by atoms with van der Waals surface area (Å²) in [4.78, 5) is 2.15. The van der Waals surface area contributed by atoms with Crippen molar-refractivity contribution in [2.75, 3.05) is 27.2 Å². The van der Waals surface area contributed by atoms with E-state index in [4.69, 9.17) is 4.74 Å². The largest absolute Gasteiger partial charge is 0.356 e. The van der Waals surface area contributed by atoms with Crippen LogP contribution in [0.5, 0.6) is 0 Å². The van der Waals surface area contributed by atoms with Crippen molar-refractivity contribution in [2.24, 2.45) is 0 Å². The van der Waals surface area contributed by atoms with Crippen LogP contribution >= 0.6 is 0 Å². The third-order valence-electron chi connectivity index (χ3n) is 1.82. The van der Waals surface area contributed by atoms with E-state index in [1.807, 2.05) is 20.8 Å². The Kier molecular flexibility index (Phi) is 7.09. The fourth-order valence-electron chi connectivity index (χ4n) is 1.16. The van der Waals surface area contributed by atoms with E-state index in [2.05, 4.69) is 24.3 Å². The van der Waals surface area contributed by atoms with E-state index >= 15 is 0 Å². The number of hydrogen-bond donors (Lipinski definition) is 2. The van der Waals surface area contributed by atoms with Crippen LogP contribution in [0, 0.1) is 0 Å². The van der Waals surface area contributed by atoms with Crippen molar-refractivity contribution in [1.82, 2.24) is 10.2 Å². The molecule has 0 saturated heterocycles. The zero-order valence-electron chi connectivity index (χ0n) is 10.7. The van der Waals surface area contributed by atoms with Crippen LogP contribution in [0.3, 0.4) is 0 Å². The molecule has 0 amide bonds. The van der Waals surface area contributed by atoms with Gasteiger partial charge >= 0.3 is 0 Å². The van der Waals surface area contributed by atoms with Crippen molar-refractivity contribution in [3.05, 3.63) is 0 Å². The predicted octanol–water partition coefficient (Wildman–Crippen LogP) is 1.01. The number of nitrogens with one attached hydrogen (secondary N) is 1. The van der Waals surface area contributed by atoms with Crippen LogP contribution in [0.25, 0.3) is 0 Å². The average Bonchev–Trinajstić information content (AvgIpc) is 1.99. The molecular formula is C11H26N2O2. The van der Waals surface area contributed by atoms with Gasteiger partial charge in [0.05, 0.1) is 5.60 Å². The fraction of sp³-hybridized carbons (Fsp3) is 1.00. The molecule has 0 heterocycles. The lowest BCUT2D eigenvalue weighted by molar-refractivity contribution is -0.181. The molecule has 0 aromatic heterocycles. The van der Waals surface area contributed by atoms with Gasteiger partial charge in [0.25, 0.3) is 0 Å². The molecule has 0 fully saturated rings.